The minimum Gasteiger partial charge on any atom is -0.443 e. The molecule has 2 amide bonds. The molecule has 0 aliphatic heterocycles. The fraction of sp³-hybridized carbons (Fsp3) is 0.500. The van der Waals surface area contributed by atoms with Crippen molar-refractivity contribution in [1.82, 2.24) is 9.97 Å². The number of nitro groups is 1. The van der Waals surface area contributed by atoms with Crippen molar-refractivity contribution in [3.05, 3.63) is 52.5 Å². The molecule has 0 radical (unpaired) electrons. The SMILES string of the molecule is CC(C)(C)OC(=O)N(C(=O)OC(C)(C)C)c1cnc(C2CCC(OC(=O)Oc3ccc([N+](=O)[O-])cc3)C2)cn1. The predicted octanol–water partition coefficient (Wildman–Crippen LogP) is 5.91. The second-order valence-corrected chi connectivity index (χ2v) is 10.9. The highest BCUT2D eigenvalue weighted by Crippen LogP contribution is 2.35. The number of carbonyl (C=O) groups is 3. The van der Waals surface area contributed by atoms with E-state index in [2.05, 4.69) is 9.97 Å². The average molecular weight is 545 g/mol. The highest BCUT2D eigenvalue weighted by molar-refractivity contribution is 6.08. The lowest BCUT2D eigenvalue weighted by molar-refractivity contribution is -0.384. The van der Waals surface area contributed by atoms with E-state index in [0.29, 0.717) is 29.9 Å². The molecule has 0 spiro atoms. The summed E-state index contributed by atoms with van der Waals surface area (Å²) >= 11 is 0. The first kappa shape index (κ1) is 29.3. The molecule has 0 bridgehead atoms. The highest BCUT2D eigenvalue weighted by atomic mass is 16.7. The lowest BCUT2D eigenvalue weighted by Gasteiger charge is -2.28. The Morgan fingerprint density at radius 2 is 1.51 bits per heavy atom. The van der Waals surface area contributed by atoms with Gasteiger partial charge in [-0.25, -0.2) is 19.4 Å². The van der Waals surface area contributed by atoms with E-state index in [-0.39, 0.29) is 23.2 Å². The molecule has 13 nitrogen and oxygen atoms in total. The molecule has 13 heteroatoms. The molecule has 0 saturated heterocycles. The summed E-state index contributed by atoms with van der Waals surface area (Å²) in [4.78, 5) is 57.3. The van der Waals surface area contributed by atoms with Gasteiger partial charge in [-0.2, -0.15) is 4.90 Å². The van der Waals surface area contributed by atoms with Crippen LogP contribution in [0.5, 0.6) is 5.75 Å². The van der Waals surface area contributed by atoms with E-state index in [1.165, 1.54) is 36.7 Å². The van der Waals surface area contributed by atoms with E-state index in [4.69, 9.17) is 18.9 Å². The van der Waals surface area contributed by atoms with Gasteiger partial charge in [0.05, 0.1) is 23.0 Å². The molecule has 210 valence electrons. The van der Waals surface area contributed by atoms with E-state index in [1.54, 1.807) is 41.5 Å². The Morgan fingerprint density at radius 3 is 2.00 bits per heavy atom. The van der Waals surface area contributed by atoms with Gasteiger partial charge in [-0.3, -0.25) is 15.1 Å². The number of aromatic nitrogens is 2. The van der Waals surface area contributed by atoms with Gasteiger partial charge in [0.1, 0.15) is 23.1 Å². The minimum atomic E-state index is -0.945. The van der Waals surface area contributed by atoms with Gasteiger partial charge in [0.2, 0.25) is 0 Å². The second-order valence-electron chi connectivity index (χ2n) is 10.9. The summed E-state index contributed by atoms with van der Waals surface area (Å²) in [6.45, 7) is 10.0. The first-order valence-electron chi connectivity index (χ1n) is 12.3. The van der Waals surface area contributed by atoms with Crippen molar-refractivity contribution in [2.45, 2.75) is 84.0 Å². The van der Waals surface area contributed by atoms with Crippen molar-refractivity contribution >= 4 is 29.8 Å². The zero-order chi connectivity index (χ0) is 29.0. The van der Waals surface area contributed by atoms with Gasteiger partial charge < -0.3 is 18.9 Å². The third-order valence-corrected chi connectivity index (χ3v) is 5.35. The number of benzene rings is 1. The molecule has 2 atom stereocenters. The van der Waals surface area contributed by atoms with Crippen LogP contribution >= 0.6 is 0 Å². The number of amides is 2. The van der Waals surface area contributed by atoms with Crippen LogP contribution in [0.25, 0.3) is 0 Å². The Labute approximate surface area is 225 Å². The van der Waals surface area contributed by atoms with E-state index < -0.39 is 40.6 Å². The Morgan fingerprint density at radius 1 is 0.923 bits per heavy atom. The van der Waals surface area contributed by atoms with Crippen LogP contribution in [0.3, 0.4) is 0 Å². The standard InChI is InChI=1S/C26H32N4O9/c1-25(2,3)38-22(31)29(23(32)39-26(4,5)6)21-15-27-20(14-28-21)16-7-10-19(13-16)37-24(33)36-18-11-8-17(9-12-18)30(34)35/h8-9,11-12,14-16,19H,7,10,13H2,1-6H3. The van der Waals surface area contributed by atoms with Crippen molar-refractivity contribution in [2.24, 2.45) is 0 Å². The van der Waals surface area contributed by atoms with Crippen molar-refractivity contribution in [1.29, 1.82) is 0 Å². The summed E-state index contributed by atoms with van der Waals surface area (Å²) in [5.74, 6) is -0.0129. The number of ether oxygens (including phenoxy) is 4. The van der Waals surface area contributed by atoms with Crippen LogP contribution in [-0.4, -0.2) is 50.5 Å². The van der Waals surface area contributed by atoms with Crippen LogP contribution in [0, 0.1) is 10.1 Å². The Kier molecular flexibility index (Phi) is 8.72. The summed E-state index contributed by atoms with van der Waals surface area (Å²) in [5, 5.41) is 10.7. The maximum atomic E-state index is 12.8. The monoisotopic (exact) mass is 544 g/mol. The third kappa shape index (κ3) is 8.62. The molecule has 2 unspecified atom stereocenters. The average Bonchev–Trinajstić information content (AvgIpc) is 3.26. The fourth-order valence-corrected chi connectivity index (χ4v) is 3.74. The maximum absolute atomic E-state index is 12.8. The summed E-state index contributed by atoms with van der Waals surface area (Å²) in [7, 11) is 0. The fourth-order valence-electron chi connectivity index (χ4n) is 3.74. The van der Waals surface area contributed by atoms with E-state index in [1.807, 2.05) is 0 Å². The topological polar surface area (TPSA) is 160 Å². The molecule has 1 aliphatic carbocycles. The lowest BCUT2D eigenvalue weighted by Crippen LogP contribution is -2.44. The zero-order valence-electron chi connectivity index (χ0n) is 22.7. The van der Waals surface area contributed by atoms with Gasteiger partial charge in [0, 0.05) is 18.1 Å². The van der Waals surface area contributed by atoms with E-state index in [0.717, 1.165) is 0 Å². The molecule has 2 aromatic rings. The molecule has 0 N–H and O–H groups in total. The largest absolute Gasteiger partial charge is 0.514 e. The van der Waals surface area contributed by atoms with E-state index >= 15 is 0 Å². The number of rotatable bonds is 5. The number of hydrogen-bond acceptors (Lipinski definition) is 11. The zero-order valence-corrected chi connectivity index (χ0v) is 22.7. The normalized spacial score (nSPS) is 17.2. The molecule has 1 aromatic heterocycles. The van der Waals surface area contributed by atoms with E-state index in [9.17, 15) is 24.5 Å². The van der Waals surface area contributed by atoms with Crippen molar-refractivity contribution in [3.63, 3.8) is 0 Å². The Hall–Kier alpha value is -4.29. The second kappa shape index (κ2) is 11.6. The predicted molar refractivity (Wildman–Crippen MR) is 138 cm³/mol. The van der Waals surface area contributed by atoms with Crippen molar-refractivity contribution in [2.75, 3.05) is 4.90 Å². The molecule has 1 aromatic carbocycles. The van der Waals surface area contributed by atoms with Gasteiger partial charge >= 0.3 is 18.3 Å². The van der Waals surface area contributed by atoms with Gasteiger partial charge in [-0.1, -0.05) is 0 Å². The van der Waals surface area contributed by atoms with Crippen molar-refractivity contribution in [3.8, 4) is 5.75 Å². The first-order chi connectivity index (χ1) is 18.1. The number of hydrogen-bond donors (Lipinski definition) is 0. The quantitative estimate of drug-likeness (QED) is 0.145. The van der Waals surface area contributed by atoms with Gasteiger partial charge in [-0.05, 0) is 72.9 Å². The van der Waals surface area contributed by atoms with Crippen LogP contribution < -0.4 is 9.64 Å². The Balaban J connectivity index is 1.63. The number of anilines is 1. The molecule has 3 rings (SSSR count). The molecule has 1 heterocycles. The number of nitrogens with zero attached hydrogens (tertiary/aromatic N) is 4. The van der Waals surface area contributed by atoms with Gasteiger partial charge in [0.15, 0.2) is 5.82 Å². The number of nitro benzene ring substituents is 1. The van der Waals surface area contributed by atoms with Crippen molar-refractivity contribution < 1.29 is 38.3 Å². The van der Waals surface area contributed by atoms with Gasteiger partial charge in [0.25, 0.3) is 5.69 Å². The summed E-state index contributed by atoms with van der Waals surface area (Å²) in [6, 6.07) is 5.07. The highest BCUT2D eigenvalue weighted by Gasteiger charge is 2.35. The summed E-state index contributed by atoms with van der Waals surface area (Å²) in [6.07, 6.45) is 1.20. The molecular formula is C26H32N4O9. The summed E-state index contributed by atoms with van der Waals surface area (Å²) < 4.78 is 21.2. The number of non-ortho nitro benzene ring substituents is 1. The smallest absolute Gasteiger partial charge is 0.443 e. The Bertz CT molecular complexity index is 1170. The van der Waals surface area contributed by atoms with Crippen LogP contribution in [0.2, 0.25) is 0 Å². The molecule has 1 fully saturated rings. The lowest BCUT2D eigenvalue weighted by atomic mass is 10.0. The van der Waals surface area contributed by atoms with Gasteiger partial charge in [-0.15, -0.1) is 0 Å². The molecular weight excluding hydrogens is 512 g/mol. The van der Waals surface area contributed by atoms with Crippen LogP contribution in [0.15, 0.2) is 36.7 Å². The van der Waals surface area contributed by atoms with Crippen LogP contribution in [0.4, 0.5) is 25.9 Å². The third-order valence-electron chi connectivity index (χ3n) is 5.35. The minimum absolute atomic E-state index is 0.0558. The van der Waals surface area contributed by atoms with Crippen LogP contribution in [0.1, 0.15) is 72.4 Å². The first-order valence-corrected chi connectivity index (χ1v) is 12.3. The summed E-state index contributed by atoms with van der Waals surface area (Å²) in [5.41, 5.74) is -1.24. The van der Waals surface area contributed by atoms with Crippen LogP contribution in [-0.2, 0) is 14.2 Å². The maximum Gasteiger partial charge on any atom is 0.514 e. The number of carbonyl (C=O) groups excluding carboxylic acids is 3. The molecule has 39 heavy (non-hydrogen) atoms. The molecule has 1 aliphatic rings. The molecule has 1 saturated carbocycles. The number of imide groups is 1.